The van der Waals surface area contributed by atoms with Crippen LogP contribution in [0.15, 0.2) is 24.3 Å². The summed E-state index contributed by atoms with van der Waals surface area (Å²) in [5.41, 5.74) is 7.61. The van der Waals surface area contributed by atoms with E-state index < -0.39 is 7.59 Å². The van der Waals surface area contributed by atoms with Crippen molar-refractivity contribution >= 4 is 13.3 Å². The maximum Gasteiger partial charge on any atom is 0.302 e. The molecule has 0 saturated carbocycles. The first-order valence-corrected chi connectivity index (χ1v) is 6.09. The molecule has 4 nitrogen and oxygen atoms in total. The van der Waals surface area contributed by atoms with Gasteiger partial charge in [0.25, 0.3) is 0 Å². The van der Waals surface area contributed by atoms with Crippen LogP contribution < -0.4 is 15.3 Å². The van der Waals surface area contributed by atoms with Crippen LogP contribution in [0.2, 0.25) is 0 Å². The van der Waals surface area contributed by atoms with Crippen LogP contribution in [0.5, 0.6) is 0 Å². The van der Waals surface area contributed by atoms with Crippen LogP contribution in [-0.4, -0.2) is 14.1 Å². The fourth-order valence-electron chi connectivity index (χ4n) is 1.08. The summed E-state index contributed by atoms with van der Waals surface area (Å²) in [7, 11) is 0.381. The zero-order valence-corrected chi connectivity index (χ0v) is 9.58. The number of benzene rings is 1. The Labute approximate surface area is 84.6 Å². The van der Waals surface area contributed by atoms with Crippen molar-refractivity contribution in [3.05, 3.63) is 29.8 Å². The summed E-state index contributed by atoms with van der Waals surface area (Å²) >= 11 is 0. The molecule has 0 heterocycles. The monoisotopic (exact) mass is 213 g/mol. The minimum Gasteiger partial charge on any atom is -0.303 e. The standard InChI is InChI=1S/C9H16N3OP/c1-8-4-6-9(7-5-8)12(3)14(10,13)11-2/h4-7H,1-3H3,(H3,10,11,13). The molecule has 3 N–H and O–H groups in total. The number of hydrogen-bond acceptors (Lipinski definition) is 1. The van der Waals surface area contributed by atoms with E-state index in [0.29, 0.717) is 0 Å². The molecule has 0 fully saturated rings. The van der Waals surface area contributed by atoms with Crippen molar-refractivity contribution in [3.63, 3.8) is 0 Å². The molecule has 0 bridgehead atoms. The van der Waals surface area contributed by atoms with Crippen LogP contribution in [0, 0.1) is 6.92 Å². The number of nitrogens with one attached hydrogen (secondary N) is 1. The molecule has 0 saturated heterocycles. The van der Waals surface area contributed by atoms with E-state index in [1.54, 1.807) is 18.8 Å². The molecule has 1 aromatic rings. The van der Waals surface area contributed by atoms with E-state index in [2.05, 4.69) is 5.09 Å². The fourth-order valence-corrected chi connectivity index (χ4v) is 1.86. The van der Waals surface area contributed by atoms with E-state index >= 15 is 0 Å². The molecule has 1 rings (SSSR count). The molecule has 1 unspecified atom stereocenters. The van der Waals surface area contributed by atoms with Crippen LogP contribution >= 0.6 is 7.59 Å². The van der Waals surface area contributed by atoms with Crippen molar-refractivity contribution in [2.75, 3.05) is 18.8 Å². The number of aryl methyl sites for hydroxylation is 1. The van der Waals surface area contributed by atoms with Gasteiger partial charge >= 0.3 is 7.59 Å². The van der Waals surface area contributed by atoms with Gasteiger partial charge in [-0.25, -0.2) is 5.09 Å². The van der Waals surface area contributed by atoms with Gasteiger partial charge in [-0.15, -0.1) is 0 Å². The number of anilines is 1. The summed E-state index contributed by atoms with van der Waals surface area (Å²) in [6, 6.07) is 7.71. The summed E-state index contributed by atoms with van der Waals surface area (Å²) in [6.07, 6.45) is 0. The normalized spacial score (nSPS) is 14.9. The smallest absolute Gasteiger partial charge is 0.302 e. The molecule has 1 atom stereocenters. The SMILES string of the molecule is CNP(N)(=O)N(C)c1ccc(C)cc1. The molecule has 0 radical (unpaired) electrons. The lowest BCUT2D eigenvalue weighted by Crippen LogP contribution is -2.27. The van der Waals surface area contributed by atoms with Crippen molar-refractivity contribution < 1.29 is 4.57 Å². The van der Waals surface area contributed by atoms with E-state index in [9.17, 15) is 4.57 Å². The maximum absolute atomic E-state index is 11.8. The summed E-state index contributed by atoms with van der Waals surface area (Å²) in [5.74, 6) is 0. The van der Waals surface area contributed by atoms with Crippen molar-refractivity contribution in [2.24, 2.45) is 5.50 Å². The van der Waals surface area contributed by atoms with Gasteiger partial charge in [-0.3, -0.25) is 10.1 Å². The molecule has 0 aliphatic heterocycles. The Bertz CT molecular complexity index is 350. The van der Waals surface area contributed by atoms with Gasteiger partial charge in [0.05, 0.1) is 0 Å². The van der Waals surface area contributed by atoms with E-state index in [1.807, 2.05) is 31.2 Å². The van der Waals surface area contributed by atoms with Gasteiger partial charge in [0, 0.05) is 12.7 Å². The first-order chi connectivity index (χ1) is 6.47. The fraction of sp³-hybridized carbons (Fsp3) is 0.333. The lowest BCUT2D eigenvalue weighted by atomic mass is 10.2. The maximum atomic E-state index is 11.8. The van der Waals surface area contributed by atoms with Crippen LogP contribution in [0.1, 0.15) is 5.56 Å². The molecule has 0 spiro atoms. The van der Waals surface area contributed by atoms with Crippen LogP contribution in [0.25, 0.3) is 0 Å². The number of nitrogens with zero attached hydrogens (tertiary/aromatic N) is 1. The van der Waals surface area contributed by atoms with Crippen molar-refractivity contribution in [3.8, 4) is 0 Å². The van der Waals surface area contributed by atoms with Crippen LogP contribution in [0.3, 0.4) is 0 Å². The Kier molecular flexibility index (Phi) is 3.32. The van der Waals surface area contributed by atoms with E-state index in [1.165, 1.54) is 5.56 Å². The first-order valence-electron chi connectivity index (χ1n) is 4.36. The number of nitrogens with two attached hydrogens (primary N) is 1. The average Bonchev–Trinajstić information content (AvgIpc) is 2.18. The quantitative estimate of drug-likeness (QED) is 0.750. The predicted octanol–water partition coefficient (Wildman–Crippen LogP) is 1.72. The zero-order valence-electron chi connectivity index (χ0n) is 8.69. The molecular formula is C9H16N3OP. The van der Waals surface area contributed by atoms with E-state index in [0.717, 1.165) is 5.69 Å². The second-order valence-corrected chi connectivity index (χ2v) is 5.50. The van der Waals surface area contributed by atoms with Crippen molar-refractivity contribution in [2.45, 2.75) is 6.92 Å². The van der Waals surface area contributed by atoms with Gasteiger partial charge in [0.1, 0.15) is 0 Å². The highest BCUT2D eigenvalue weighted by atomic mass is 31.2. The molecule has 14 heavy (non-hydrogen) atoms. The molecule has 1 aromatic carbocycles. The molecule has 0 aromatic heterocycles. The lowest BCUT2D eigenvalue weighted by molar-refractivity contribution is 0.568. The highest BCUT2D eigenvalue weighted by molar-refractivity contribution is 7.61. The molecular weight excluding hydrogens is 197 g/mol. The van der Waals surface area contributed by atoms with Gasteiger partial charge in [-0.2, -0.15) is 0 Å². The predicted molar refractivity (Wildman–Crippen MR) is 60.4 cm³/mol. The summed E-state index contributed by atoms with van der Waals surface area (Å²) in [4.78, 5) is 0. The van der Waals surface area contributed by atoms with Gasteiger partial charge in [-0.1, -0.05) is 17.7 Å². The third-order valence-electron chi connectivity index (χ3n) is 2.17. The summed E-state index contributed by atoms with van der Waals surface area (Å²) in [5, 5.41) is 2.61. The Balaban J connectivity index is 2.95. The Hall–Kier alpha value is -0.830. The van der Waals surface area contributed by atoms with Gasteiger partial charge in [-0.05, 0) is 26.1 Å². The van der Waals surface area contributed by atoms with Crippen molar-refractivity contribution in [1.82, 2.24) is 5.09 Å². The van der Waals surface area contributed by atoms with Crippen LogP contribution in [0.4, 0.5) is 5.69 Å². The number of hydrogen-bond donors (Lipinski definition) is 2. The highest BCUT2D eigenvalue weighted by Crippen LogP contribution is 2.38. The summed E-state index contributed by atoms with van der Waals surface area (Å²) in [6.45, 7) is 2.00. The van der Waals surface area contributed by atoms with Gasteiger partial charge in [0.2, 0.25) is 0 Å². The minimum absolute atomic E-state index is 0.843. The van der Waals surface area contributed by atoms with E-state index in [4.69, 9.17) is 5.50 Å². The van der Waals surface area contributed by atoms with Crippen molar-refractivity contribution in [1.29, 1.82) is 0 Å². The highest BCUT2D eigenvalue weighted by Gasteiger charge is 2.19. The second-order valence-electron chi connectivity index (χ2n) is 3.21. The van der Waals surface area contributed by atoms with Gasteiger partial charge in [0.15, 0.2) is 0 Å². The Morgan fingerprint density at radius 1 is 1.36 bits per heavy atom. The second kappa shape index (κ2) is 4.13. The summed E-state index contributed by atoms with van der Waals surface area (Å²) < 4.78 is 13.3. The molecule has 0 aliphatic carbocycles. The number of rotatable bonds is 3. The molecule has 5 heteroatoms. The average molecular weight is 213 g/mol. The third kappa shape index (κ3) is 2.35. The van der Waals surface area contributed by atoms with Crippen LogP contribution in [-0.2, 0) is 4.57 Å². The minimum atomic E-state index is -2.92. The van der Waals surface area contributed by atoms with Gasteiger partial charge < -0.3 is 4.67 Å². The molecule has 0 aliphatic rings. The molecule has 78 valence electrons. The van der Waals surface area contributed by atoms with E-state index in [-0.39, 0.29) is 0 Å². The largest absolute Gasteiger partial charge is 0.303 e. The third-order valence-corrected chi connectivity index (χ3v) is 3.94. The first kappa shape index (κ1) is 11.2. The lowest BCUT2D eigenvalue weighted by Gasteiger charge is -2.25. The Morgan fingerprint density at radius 3 is 2.29 bits per heavy atom. The molecule has 0 amide bonds. The zero-order chi connectivity index (χ0) is 10.8. The topological polar surface area (TPSA) is 58.4 Å². The Morgan fingerprint density at radius 2 is 1.86 bits per heavy atom.